The van der Waals surface area contributed by atoms with E-state index in [9.17, 15) is 23.3 Å². The van der Waals surface area contributed by atoms with E-state index in [1.807, 2.05) is 6.92 Å². The highest BCUT2D eigenvalue weighted by Gasteiger charge is 2.28. The van der Waals surface area contributed by atoms with Gasteiger partial charge in [0.1, 0.15) is 18.1 Å². The Morgan fingerprint density at radius 1 is 1.00 bits per heavy atom. The van der Waals surface area contributed by atoms with Crippen LogP contribution in [0.4, 0.5) is 11.4 Å². The molecule has 1 N–H and O–H groups in total. The van der Waals surface area contributed by atoms with Gasteiger partial charge in [-0.25, -0.2) is 13.8 Å². The molecule has 38 heavy (non-hydrogen) atoms. The number of hydrogen-bond donors (Lipinski definition) is 1. The van der Waals surface area contributed by atoms with Crippen molar-refractivity contribution in [3.63, 3.8) is 0 Å². The van der Waals surface area contributed by atoms with Gasteiger partial charge in [-0.2, -0.15) is 5.10 Å². The summed E-state index contributed by atoms with van der Waals surface area (Å²) in [7, 11) is -4.04. The van der Waals surface area contributed by atoms with Crippen LogP contribution in [-0.4, -0.2) is 32.0 Å². The summed E-state index contributed by atoms with van der Waals surface area (Å²) in [4.78, 5) is 23.2. The number of furan rings is 1. The number of hydrazone groups is 1. The lowest BCUT2D eigenvalue weighted by Gasteiger charge is -2.25. The first kappa shape index (κ1) is 26.3. The average Bonchev–Trinajstić information content (AvgIpc) is 3.37. The van der Waals surface area contributed by atoms with Crippen molar-refractivity contribution in [3.8, 4) is 11.3 Å². The van der Waals surface area contributed by atoms with Gasteiger partial charge in [-0.3, -0.25) is 19.2 Å². The predicted octanol–water partition coefficient (Wildman–Crippen LogP) is 4.82. The van der Waals surface area contributed by atoms with Crippen LogP contribution in [-0.2, 0) is 14.8 Å². The molecule has 1 heterocycles. The molecule has 194 valence electrons. The van der Waals surface area contributed by atoms with Crippen LogP contribution >= 0.6 is 0 Å². The number of benzene rings is 3. The molecule has 10 nitrogen and oxygen atoms in total. The van der Waals surface area contributed by atoms with E-state index in [0.29, 0.717) is 28.3 Å². The molecule has 0 aliphatic rings. The quantitative estimate of drug-likeness (QED) is 0.187. The second-order valence-corrected chi connectivity index (χ2v) is 10.3. The zero-order chi connectivity index (χ0) is 27.3. The molecule has 3 aromatic carbocycles. The van der Waals surface area contributed by atoms with E-state index in [0.717, 1.165) is 9.87 Å². The second kappa shape index (κ2) is 11.1. The van der Waals surface area contributed by atoms with Crippen LogP contribution in [0.3, 0.4) is 0 Å². The fourth-order valence-electron chi connectivity index (χ4n) is 3.64. The number of nitrogens with one attached hydrogen (secondary N) is 1. The molecule has 0 aliphatic carbocycles. The molecule has 0 saturated carbocycles. The van der Waals surface area contributed by atoms with Crippen LogP contribution in [0.5, 0.6) is 0 Å². The monoisotopic (exact) mass is 532 g/mol. The third kappa shape index (κ3) is 5.95. The molecule has 0 spiro atoms. The number of carbonyl (C=O) groups excluding carboxylic acids is 1. The normalized spacial score (nSPS) is 11.4. The molecule has 11 heteroatoms. The number of hydrogen-bond acceptors (Lipinski definition) is 7. The summed E-state index contributed by atoms with van der Waals surface area (Å²) in [5.41, 5.74) is 4.92. The maximum absolute atomic E-state index is 13.5. The van der Waals surface area contributed by atoms with Gasteiger partial charge >= 0.3 is 0 Å². The Kier molecular flexibility index (Phi) is 7.68. The predicted molar refractivity (Wildman–Crippen MR) is 143 cm³/mol. The Morgan fingerprint density at radius 3 is 2.34 bits per heavy atom. The van der Waals surface area contributed by atoms with Gasteiger partial charge in [0.25, 0.3) is 21.6 Å². The maximum atomic E-state index is 13.5. The number of nitrogens with zero attached hydrogens (tertiary/aromatic N) is 3. The van der Waals surface area contributed by atoms with Crippen LogP contribution < -0.4 is 9.73 Å². The van der Waals surface area contributed by atoms with Gasteiger partial charge in [-0.15, -0.1) is 0 Å². The summed E-state index contributed by atoms with van der Waals surface area (Å²) in [6, 6.07) is 22.5. The highest BCUT2D eigenvalue weighted by atomic mass is 32.2. The number of sulfonamides is 1. The number of carbonyl (C=O) groups is 1. The molecule has 0 bridgehead atoms. The van der Waals surface area contributed by atoms with Gasteiger partial charge in [0.2, 0.25) is 0 Å². The SMILES string of the molecule is Cc1ccc(S(=O)(=O)N(CC(=O)N/N=C/c2ccc(-c3ccc([N+](=O)[O-])cc3)o2)c2ccccc2C)cc1. The van der Waals surface area contributed by atoms with E-state index in [1.54, 1.807) is 67.6 Å². The topological polar surface area (TPSA) is 135 Å². The summed E-state index contributed by atoms with van der Waals surface area (Å²) in [6.07, 6.45) is 1.28. The zero-order valence-corrected chi connectivity index (χ0v) is 21.4. The second-order valence-electron chi connectivity index (χ2n) is 8.41. The third-order valence-electron chi connectivity index (χ3n) is 5.65. The van der Waals surface area contributed by atoms with E-state index in [4.69, 9.17) is 4.42 Å². The van der Waals surface area contributed by atoms with Crippen molar-refractivity contribution in [1.82, 2.24) is 5.43 Å². The Balaban J connectivity index is 1.49. The van der Waals surface area contributed by atoms with E-state index < -0.39 is 27.4 Å². The minimum absolute atomic E-state index is 0.0334. The summed E-state index contributed by atoms with van der Waals surface area (Å²) >= 11 is 0. The van der Waals surface area contributed by atoms with Crippen LogP contribution in [0.15, 0.2) is 99.3 Å². The Bertz CT molecular complexity index is 1590. The Labute approximate surface area is 219 Å². The molecular weight excluding hydrogens is 508 g/mol. The fourth-order valence-corrected chi connectivity index (χ4v) is 5.12. The van der Waals surface area contributed by atoms with Gasteiger partial charge < -0.3 is 4.42 Å². The van der Waals surface area contributed by atoms with Crippen LogP contribution in [0, 0.1) is 24.0 Å². The van der Waals surface area contributed by atoms with Crippen molar-refractivity contribution in [2.75, 3.05) is 10.8 Å². The van der Waals surface area contributed by atoms with E-state index in [1.165, 1.54) is 30.5 Å². The minimum atomic E-state index is -4.04. The molecule has 0 fully saturated rings. The molecule has 1 aromatic heterocycles. The number of nitro groups is 1. The van der Waals surface area contributed by atoms with Crippen molar-refractivity contribution in [1.29, 1.82) is 0 Å². The fraction of sp³-hybridized carbons (Fsp3) is 0.111. The molecule has 0 atom stereocenters. The summed E-state index contributed by atoms with van der Waals surface area (Å²) in [5, 5.41) is 14.7. The van der Waals surface area contributed by atoms with Gasteiger partial charge in [0, 0.05) is 17.7 Å². The van der Waals surface area contributed by atoms with Crippen LogP contribution in [0.1, 0.15) is 16.9 Å². The number of anilines is 1. The minimum Gasteiger partial charge on any atom is -0.455 e. The molecule has 4 aromatic rings. The molecule has 4 rings (SSSR count). The molecule has 0 unspecified atom stereocenters. The first-order valence-corrected chi connectivity index (χ1v) is 12.9. The maximum Gasteiger partial charge on any atom is 0.269 e. The lowest BCUT2D eigenvalue weighted by Crippen LogP contribution is -2.40. The summed E-state index contributed by atoms with van der Waals surface area (Å²) in [5.74, 6) is 0.131. The zero-order valence-electron chi connectivity index (χ0n) is 20.6. The largest absolute Gasteiger partial charge is 0.455 e. The lowest BCUT2D eigenvalue weighted by molar-refractivity contribution is -0.384. The van der Waals surface area contributed by atoms with E-state index in [-0.39, 0.29) is 10.6 Å². The summed E-state index contributed by atoms with van der Waals surface area (Å²) < 4.78 is 33.7. The van der Waals surface area contributed by atoms with Gasteiger partial charge in [-0.1, -0.05) is 35.9 Å². The van der Waals surface area contributed by atoms with Crippen molar-refractivity contribution in [2.24, 2.45) is 5.10 Å². The summed E-state index contributed by atoms with van der Waals surface area (Å²) in [6.45, 7) is 3.13. The number of rotatable bonds is 9. The first-order chi connectivity index (χ1) is 18.1. The van der Waals surface area contributed by atoms with Crippen molar-refractivity contribution in [3.05, 3.63) is 112 Å². The van der Waals surface area contributed by atoms with Gasteiger partial charge in [0.05, 0.1) is 21.7 Å². The average molecular weight is 533 g/mol. The number of aryl methyl sites for hydroxylation is 2. The molecule has 0 saturated heterocycles. The van der Waals surface area contributed by atoms with Crippen molar-refractivity contribution in [2.45, 2.75) is 18.7 Å². The number of amides is 1. The van der Waals surface area contributed by atoms with Gasteiger partial charge in [-0.05, 0) is 61.9 Å². The highest BCUT2D eigenvalue weighted by molar-refractivity contribution is 7.92. The number of non-ortho nitro benzene ring substituents is 1. The Hall–Kier alpha value is -4.77. The molecule has 1 amide bonds. The highest BCUT2D eigenvalue weighted by Crippen LogP contribution is 2.27. The van der Waals surface area contributed by atoms with Crippen molar-refractivity contribution < 1.29 is 22.6 Å². The van der Waals surface area contributed by atoms with Crippen LogP contribution in [0.2, 0.25) is 0 Å². The number of para-hydroxylation sites is 1. The van der Waals surface area contributed by atoms with Gasteiger partial charge in [0.15, 0.2) is 0 Å². The number of nitro benzene ring substituents is 1. The first-order valence-electron chi connectivity index (χ1n) is 11.5. The van der Waals surface area contributed by atoms with E-state index >= 15 is 0 Å². The molecule has 0 aliphatic heterocycles. The third-order valence-corrected chi connectivity index (χ3v) is 7.42. The lowest BCUT2D eigenvalue weighted by atomic mass is 10.1. The Morgan fingerprint density at radius 2 is 1.68 bits per heavy atom. The van der Waals surface area contributed by atoms with Crippen LogP contribution in [0.25, 0.3) is 11.3 Å². The standard InChI is InChI=1S/C27H24N4O6S/c1-19-7-14-24(15-8-19)38(35,36)30(25-6-4-3-5-20(25)2)18-27(32)29-28-17-23-13-16-26(37-23)21-9-11-22(12-10-21)31(33)34/h3-17H,18H2,1-2H3,(H,29,32)/b28-17+. The molecular formula is C27H24N4O6S. The molecule has 0 radical (unpaired) electrons. The smallest absolute Gasteiger partial charge is 0.269 e. The van der Waals surface area contributed by atoms with E-state index in [2.05, 4.69) is 10.5 Å². The van der Waals surface area contributed by atoms with Crippen molar-refractivity contribution >= 4 is 33.5 Å².